The van der Waals surface area contributed by atoms with E-state index in [2.05, 4.69) is 0 Å². The highest BCUT2D eigenvalue weighted by atomic mass is 35.5. The van der Waals surface area contributed by atoms with E-state index >= 15 is 0 Å². The van der Waals surface area contributed by atoms with Crippen LogP contribution in [0.15, 0.2) is 36.4 Å². The lowest BCUT2D eigenvalue weighted by Crippen LogP contribution is -1.97. The highest BCUT2D eigenvalue weighted by Crippen LogP contribution is 2.31. The monoisotopic (exact) mass is 281 g/mol. The minimum Gasteiger partial charge on any atom is -0.492 e. The van der Waals surface area contributed by atoms with Gasteiger partial charge in [0.25, 0.3) is 0 Å². The van der Waals surface area contributed by atoms with Crippen LogP contribution in [0.1, 0.15) is 6.92 Å². The number of hydrogen-bond donors (Lipinski definition) is 1. The summed E-state index contributed by atoms with van der Waals surface area (Å²) in [7, 11) is 0. The van der Waals surface area contributed by atoms with Gasteiger partial charge in [-0.1, -0.05) is 11.6 Å². The molecule has 0 bridgehead atoms. The van der Waals surface area contributed by atoms with E-state index in [4.69, 9.17) is 26.8 Å². The average molecular weight is 282 g/mol. The lowest BCUT2D eigenvalue weighted by molar-refractivity contribution is 0.340. The van der Waals surface area contributed by atoms with E-state index in [1.807, 2.05) is 6.92 Å². The van der Waals surface area contributed by atoms with Gasteiger partial charge in [-0.2, -0.15) is 0 Å². The standard InChI is InChI=1S/C14H13ClFNO2/c1-2-18-14-8-10(4-6-13(14)17)19-9-3-5-12(16)11(15)7-9/h3-8H,2,17H2,1H3. The molecule has 2 N–H and O–H groups in total. The fourth-order valence-electron chi connectivity index (χ4n) is 1.54. The van der Waals surface area contributed by atoms with Crippen molar-refractivity contribution in [3.63, 3.8) is 0 Å². The van der Waals surface area contributed by atoms with Crippen LogP contribution in [0.3, 0.4) is 0 Å². The molecular weight excluding hydrogens is 269 g/mol. The van der Waals surface area contributed by atoms with Crippen molar-refractivity contribution in [2.75, 3.05) is 12.3 Å². The number of halogens is 2. The van der Waals surface area contributed by atoms with E-state index in [1.54, 1.807) is 18.2 Å². The Bertz CT molecular complexity index is 590. The third-order valence-electron chi connectivity index (χ3n) is 2.41. The van der Waals surface area contributed by atoms with Gasteiger partial charge in [0.1, 0.15) is 23.1 Å². The Morgan fingerprint density at radius 3 is 2.53 bits per heavy atom. The minimum atomic E-state index is -0.485. The van der Waals surface area contributed by atoms with E-state index in [1.165, 1.54) is 18.2 Å². The molecule has 0 atom stereocenters. The number of ether oxygens (including phenoxy) is 2. The van der Waals surface area contributed by atoms with Gasteiger partial charge in [-0.15, -0.1) is 0 Å². The van der Waals surface area contributed by atoms with Crippen LogP contribution in [0.25, 0.3) is 0 Å². The predicted octanol–water partition coefficient (Wildman–Crippen LogP) is 4.25. The summed E-state index contributed by atoms with van der Waals surface area (Å²) in [5.74, 6) is 1.05. The molecule has 0 aliphatic carbocycles. The number of nitrogen functional groups attached to an aromatic ring is 1. The van der Waals surface area contributed by atoms with Crippen LogP contribution >= 0.6 is 11.6 Å². The first-order chi connectivity index (χ1) is 9.10. The SMILES string of the molecule is CCOc1cc(Oc2ccc(F)c(Cl)c2)ccc1N. The predicted molar refractivity (Wildman–Crippen MR) is 73.5 cm³/mol. The summed E-state index contributed by atoms with van der Waals surface area (Å²) < 4.78 is 24.0. The van der Waals surface area contributed by atoms with Gasteiger partial charge in [0, 0.05) is 12.1 Å². The van der Waals surface area contributed by atoms with Crippen molar-refractivity contribution in [1.29, 1.82) is 0 Å². The quantitative estimate of drug-likeness (QED) is 0.852. The number of benzene rings is 2. The number of anilines is 1. The van der Waals surface area contributed by atoms with E-state index in [0.717, 1.165) is 0 Å². The lowest BCUT2D eigenvalue weighted by Gasteiger charge is -2.10. The van der Waals surface area contributed by atoms with Crippen molar-refractivity contribution < 1.29 is 13.9 Å². The molecule has 0 radical (unpaired) electrons. The van der Waals surface area contributed by atoms with Crippen LogP contribution in [0.5, 0.6) is 17.2 Å². The first-order valence-corrected chi connectivity index (χ1v) is 6.13. The molecule has 2 aromatic rings. The summed E-state index contributed by atoms with van der Waals surface area (Å²) in [5.41, 5.74) is 6.30. The van der Waals surface area contributed by atoms with Crippen molar-refractivity contribution >= 4 is 17.3 Å². The molecule has 0 aliphatic rings. The zero-order valence-electron chi connectivity index (χ0n) is 10.3. The van der Waals surface area contributed by atoms with Crippen molar-refractivity contribution in [2.24, 2.45) is 0 Å². The van der Waals surface area contributed by atoms with Gasteiger partial charge < -0.3 is 15.2 Å². The van der Waals surface area contributed by atoms with E-state index < -0.39 is 5.82 Å². The molecule has 0 fully saturated rings. The third-order valence-corrected chi connectivity index (χ3v) is 2.70. The second-order valence-electron chi connectivity index (χ2n) is 3.81. The van der Waals surface area contributed by atoms with E-state index in [9.17, 15) is 4.39 Å². The van der Waals surface area contributed by atoms with Gasteiger partial charge in [0.15, 0.2) is 0 Å². The first-order valence-electron chi connectivity index (χ1n) is 5.75. The molecule has 3 nitrogen and oxygen atoms in total. The Hall–Kier alpha value is -1.94. The zero-order chi connectivity index (χ0) is 13.8. The average Bonchev–Trinajstić information content (AvgIpc) is 2.38. The summed E-state index contributed by atoms with van der Waals surface area (Å²) in [6.45, 7) is 2.38. The molecule has 0 aliphatic heterocycles. The van der Waals surface area contributed by atoms with Crippen LogP contribution in [-0.4, -0.2) is 6.61 Å². The third kappa shape index (κ3) is 3.29. The lowest BCUT2D eigenvalue weighted by atomic mass is 10.2. The molecule has 0 heterocycles. The molecule has 2 rings (SSSR count). The van der Waals surface area contributed by atoms with E-state index in [0.29, 0.717) is 29.5 Å². The fourth-order valence-corrected chi connectivity index (χ4v) is 1.71. The van der Waals surface area contributed by atoms with Crippen LogP contribution in [-0.2, 0) is 0 Å². The Balaban J connectivity index is 2.22. The smallest absolute Gasteiger partial charge is 0.145 e. The van der Waals surface area contributed by atoms with Gasteiger partial charge in [-0.3, -0.25) is 0 Å². The summed E-state index contributed by atoms with van der Waals surface area (Å²) in [4.78, 5) is 0. The summed E-state index contributed by atoms with van der Waals surface area (Å²) >= 11 is 5.69. The van der Waals surface area contributed by atoms with Crippen molar-refractivity contribution in [2.45, 2.75) is 6.92 Å². The topological polar surface area (TPSA) is 44.5 Å². The van der Waals surface area contributed by atoms with Crippen molar-refractivity contribution in [3.05, 3.63) is 47.2 Å². The summed E-state index contributed by atoms with van der Waals surface area (Å²) in [6.07, 6.45) is 0. The molecule has 0 aromatic heterocycles. The molecule has 19 heavy (non-hydrogen) atoms. The highest BCUT2D eigenvalue weighted by molar-refractivity contribution is 6.30. The van der Waals surface area contributed by atoms with Gasteiger partial charge in [-0.25, -0.2) is 4.39 Å². The highest BCUT2D eigenvalue weighted by Gasteiger charge is 2.06. The molecule has 5 heteroatoms. The summed E-state index contributed by atoms with van der Waals surface area (Å²) in [6, 6.07) is 9.22. The van der Waals surface area contributed by atoms with Crippen molar-refractivity contribution in [1.82, 2.24) is 0 Å². The van der Waals surface area contributed by atoms with Crippen molar-refractivity contribution in [3.8, 4) is 17.2 Å². The molecule has 0 spiro atoms. The maximum Gasteiger partial charge on any atom is 0.145 e. The second kappa shape index (κ2) is 5.80. The fraction of sp³-hybridized carbons (Fsp3) is 0.143. The van der Waals surface area contributed by atoms with Gasteiger partial charge >= 0.3 is 0 Å². The largest absolute Gasteiger partial charge is 0.492 e. The number of hydrogen-bond acceptors (Lipinski definition) is 3. The molecule has 0 saturated carbocycles. The molecule has 100 valence electrons. The molecule has 0 unspecified atom stereocenters. The zero-order valence-corrected chi connectivity index (χ0v) is 11.1. The molecule has 0 saturated heterocycles. The van der Waals surface area contributed by atoms with Crippen LogP contribution in [0, 0.1) is 5.82 Å². The Morgan fingerprint density at radius 2 is 1.84 bits per heavy atom. The minimum absolute atomic E-state index is 0.0120. The normalized spacial score (nSPS) is 10.3. The van der Waals surface area contributed by atoms with Crippen LogP contribution < -0.4 is 15.2 Å². The van der Waals surface area contributed by atoms with Gasteiger partial charge in [-0.05, 0) is 31.2 Å². The van der Waals surface area contributed by atoms with Gasteiger partial charge in [0.2, 0.25) is 0 Å². The number of nitrogens with two attached hydrogens (primary N) is 1. The Morgan fingerprint density at radius 1 is 1.16 bits per heavy atom. The number of rotatable bonds is 4. The maximum absolute atomic E-state index is 13.0. The Labute approximate surface area is 115 Å². The van der Waals surface area contributed by atoms with Crippen LogP contribution in [0.2, 0.25) is 5.02 Å². The van der Waals surface area contributed by atoms with Crippen LogP contribution in [0.4, 0.5) is 10.1 Å². The molecule has 0 amide bonds. The first kappa shape index (κ1) is 13.5. The molecular formula is C14H13ClFNO2. The summed E-state index contributed by atoms with van der Waals surface area (Å²) in [5, 5.41) is 0.0120. The molecule has 2 aromatic carbocycles. The van der Waals surface area contributed by atoms with E-state index in [-0.39, 0.29) is 5.02 Å². The Kier molecular flexibility index (Phi) is 4.12. The van der Waals surface area contributed by atoms with Gasteiger partial charge in [0.05, 0.1) is 17.3 Å². The maximum atomic E-state index is 13.0. The second-order valence-corrected chi connectivity index (χ2v) is 4.22.